The molecular weight excluding hydrogens is 308 g/mol. The summed E-state index contributed by atoms with van der Waals surface area (Å²) in [6.07, 6.45) is 2.26. The molecule has 0 saturated heterocycles. The van der Waals surface area contributed by atoms with Gasteiger partial charge in [0.1, 0.15) is 17.0 Å². The van der Waals surface area contributed by atoms with Gasteiger partial charge in [-0.25, -0.2) is 4.98 Å². The van der Waals surface area contributed by atoms with Crippen molar-refractivity contribution in [2.45, 2.75) is 13.3 Å². The fraction of sp³-hybridized carbons (Fsp3) is 0.235. The van der Waals surface area contributed by atoms with Gasteiger partial charge in [-0.05, 0) is 5.56 Å². The van der Waals surface area contributed by atoms with Crippen LogP contribution < -0.4 is 5.56 Å². The molecule has 118 valence electrons. The van der Waals surface area contributed by atoms with Gasteiger partial charge >= 0.3 is 0 Å². The molecule has 1 aromatic carbocycles. The third-order valence-corrected chi connectivity index (χ3v) is 4.32. The van der Waals surface area contributed by atoms with Gasteiger partial charge in [-0.3, -0.25) is 4.79 Å². The van der Waals surface area contributed by atoms with Gasteiger partial charge in [-0.1, -0.05) is 37.3 Å². The minimum atomic E-state index is -0.120. The summed E-state index contributed by atoms with van der Waals surface area (Å²) >= 11 is 1.50. The Balaban J connectivity index is 2.28. The molecule has 0 aliphatic carbocycles. The van der Waals surface area contributed by atoms with Gasteiger partial charge in [0, 0.05) is 31.5 Å². The molecule has 0 spiro atoms. The van der Waals surface area contributed by atoms with Gasteiger partial charge in [0.15, 0.2) is 0 Å². The number of nitrogens with zero attached hydrogens (tertiary/aromatic N) is 4. The molecule has 0 N–H and O–H groups in total. The van der Waals surface area contributed by atoms with Crippen molar-refractivity contribution in [3.8, 4) is 11.1 Å². The van der Waals surface area contributed by atoms with Crippen LogP contribution in [0.4, 0.5) is 0 Å². The Bertz CT molecular complexity index is 909. The molecule has 0 saturated carbocycles. The second kappa shape index (κ2) is 6.34. The molecule has 0 fully saturated rings. The molecule has 0 unspecified atom stereocenters. The third-order valence-electron chi connectivity index (χ3n) is 3.45. The van der Waals surface area contributed by atoms with E-state index in [0.29, 0.717) is 17.6 Å². The predicted molar refractivity (Wildman–Crippen MR) is 96.3 cm³/mol. The summed E-state index contributed by atoms with van der Waals surface area (Å²) in [5, 5.41) is 6.92. The molecule has 0 amide bonds. The molecule has 0 aliphatic rings. The highest BCUT2D eigenvalue weighted by Crippen LogP contribution is 2.30. The van der Waals surface area contributed by atoms with Gasteiger partial charge in [0.25, 0.3) is 5.56 Å². The van der Waals surface area contributed by atoms with Gasteiger partial charge in [-0.2, -0.15) is 9.78 Å². The summed E-state index contributed by atoms with van der Waals surface area (Å²) in [5.41, 5.74) is 1.81. The van der Waals surface area contributed by atoms with Gasteiger partial charge in [0.2, 0.25) is 0 Å². The van der Waals surface area contributed by atoms with Crippen molar-refractivity contribution in [1.82, 2.24) is 14.6 Å². The zero-order valence-electron chi connectivity index (χ0n) is 13.4. The zero-order valence-corrected chi connectivity index (χ0v) is 14.2. The number of thiophene rings is 1. The van der Waals surface area contributed by atoms with Crippen LogP contribution in [0.5, 0.6) is 0 Å². The first-order valence-electron chi connectivity index (χ1n) is 7.41. The summed E-state index contributed by atoms with van der Waals surface area (Å²) in [6, 6.07) is 9.90. The van der Waals surface area contributed by atoms with Gasteiger partial charge in [0.05, 0.1) is 5.39 Å². The number of aryl methyl sites for hydroxylation is 1. The Morgan fingerprint density at radius 3 is 2.70 bits per heavy atom. The molecule has 3 rings (SSSR count). The van der Waals surface area contributed by atoms with E-state index in [4.69, 9.17) is 0 Å². The second-order valence-electron chi connectivity index (χ2n) is 5.39. The number of rotatable bonds is 4. The Hall–Kier alpha value is -2.47. The van der Waals surface area contributed by atoms with Crippen LogP contribution in [0.25, 0.3) is 21.3 Å². The molecule has 0 radical (unpaired) electrons. The average Bonchev–Trinajstić information content (AvgIpc) is 2.98. The van der Waals surface area contributed by atoms with Crippen LogP contribution in [-0.4, -0.2) is 35.0 Å². The van der Waals surface area contributed by atoms with Crippen LogP contribution in [-0.2, 0) is 6.42 Å². The van der Waals surface area contributed by atoms with Crippen LogP contribution >= 0.6 is 11.3 Å². The standard InChI is InChI=1S/C17H18N4OS/c1-4-14-19-16-15(17(22)21(14)18-11-20(2)3)13(10-23-16)12-8-6-5-7-9-12/h5-11H,4H2,1-3H3/b18-11+. The van der Waals surface area contributed by atoms with Crippen molar-refractivity contribution >= 4 is 27.9 Å². The van der Waals surface area contributed by atoms with Gasteiger partial charge < -0.3 is 4.90 Å². The fourth-order valence-electron chi connectivity index (χ4n) is 2.36. The summed E-state index contributed by atoms with van der Waals surface area (Å²) in [7, 11) is 3.73. The summed E-state index contributed by atoms with van der Waals surface area (Å²) in [6.45, 7) is 1.97. The van der Waals surface area contributed by atoms with Crippen molar-refractivity contribution in [2.24, 2.45) is 5.10 Å². The normalized spacial score (nSPS) is 11.4. The molecule has 5 nitrogen and oxygen atoms in total. The topological polar surface area (TPSA) is 50.5 Å². The van der Waals surface area contributed by atoms with Crippen LogP contribution in [0.1, 0.15) is 12.7 Å². The first-order chi connectivity index (χ1) is 11.1. The maximum atomic E-state index is 13.0. The zero-order chi connectivity index (χ0) is 16.4. The van der Waals surface area contributed by atoms with Crippen molar-refractivity contribution in [1.29, 1.82) is 0 Å². The third kappa shape index (κ3) is 2.90. The fourth-order valence-corrected chi connectivity index (χ4v) is 3.31. The highest BCUT2D eigenvalue weighted by molar-refractivity contribution is 7.17. The summed E-state index contributed by atoms with van der Waals surface area (Å²) in [4.78, 5) is 20.2. The summed E-state index contributed by atoms with van der Waals surface area (Å²) in [5.74, 6) is 0.669. The number of aromatic nitrogens is 2. The molecule has 0 atom stereocenters. The van der Waals surface area contributed by atoms with Crippen molar-refractivity contribution < 1.29 is 0 Å². The maximum Gasteiger partial charge on any atom is 0.283 e. The van der Waals surface area contributed by atoms with E-state index in [1.165, 1.54) is 16.0 Å². The largest absolute Gasteiger partial charge is 0.367 e. The smallest absolute Gasteiger partial charge is 0.283 e. The summed E-state index contributed by atoms with van der Waals surface area (Å²) < 4.78 is 1.40. The Morgan fingerprint density at radius 2 is 2.04 bits per heavy atom. The highest BCUT2D eigenvalue weighted by Gasteiger charge is 2.15. The van der Waals surface area contributed by atoms with E-state index < -0.39 is 0 Å². The Kier molecular flexibility index (Phi) is 4.25. The molecular formula is C17H18N4OS. The Labute approximate surface area is 138 Å². The number of hydrogen-bond acceptors (Lipinski definition) is 4. The SMILES string of the molecule is CCc1nc2scc(-c3ccccc3)c2c(=O)n1/N=C/N(C)C. The lowest BCUT2D eigenvalue weighted by Gasteiger charge is -2.08. The van der Waals surface area contributed by atoms with E-state index in [9.17, 15) is 4.79 Å². The van der Waals surface area contributed by atoms with Crippen LogP contribution in [0.15, 0.2) is 45.6 Å². The molecule has 2 heterocycles. The minimum absolute atomic E-state index is 0.120. The maximum absolute atomic E-state index is 13.0. The van der Waals surface area contributed by atoms with E-state index in [-0.39, 0.29) is 5.56 Å². The number of hydrogen-bond donors (Lipinski definition) is 0. The highest BCUT2D eigenvalue weighted by atomic mass is 32.1. The van der Waals surface area contributed by atoms with Crippen molar-refractivity contribution in [3.63, 3.8) is 0 Å². The molecule has 2 aromatic heterocycles. The molecule has 6 heteroatoms. The van der Waals surface area contributed by atoms with E-state index in [0.717, 1.165) is 16.0 Å². The minimum Gasteiger partial charge on any atom is -0.367 e. The molecule has 0 bridgehead atoms. The lowest BCUT2D eigenvalue weighted by atomic mass is 10.1. The number of benzene rings is 1. The van der Waals surface area contributed by atoms with E-state index >= 15 is 0 Å². The monoisotopic (exact) mass is 326 g/mol. The Morgan fingerprint density at radius 1 is 1.30 bits per heavy atom. The lowest BCUT2D eigenvalue weighted by Crippen LogP contribution is -2.23. The first-order valence-corrected chi connectivity index (χ1v) is 8.29. The average molecular weight is 326 g/mol. The van der Waals surface area contributed by atoms with Crippen LogP contribution in [0, 0.1) is 0 Å². The molecule has 23 heavy (non-hydrogen) atoms. The number of fused-ring (bicyclic) bond motifs is 1. The second-order valence-corrected chi connectivity index (χ2v) is 6.25. The van der Waals surface area contributed by atoms with Crippen molar-refractivity contribution in [2.75, 3.05) is 14.1 Å². The van der Waals surface area contributed by atoms with Gasteiger partial charge in [-0.15, -0.1) is 11.3 Å². The van der Waals surface area contributed by atoms with Crippen LogP contribution in [0.2, 0.25) is 0 Å². The quantitative estimate of drug-likeness (QED) is 0.547. The predicted octanol–water partition coefficient (Wildman–Crippen LogP) is 3.04. The van der Waals surface area contributed by atoms with Crippen molar-refractivity contribution in [3.05, 3.63) is 51.9 Å². The molecule has 3 aromatic rings. The van der Waals surface area contributed by atoms with E-state index in [1.54, 1.807) is 11.2 Å². The van der Waals surface area contributed by atoms with Crippen LogP contribution in [0.3, 0.4) is 0 Å². The molecule has 0 aliphatic heterocycles. The van der Waals surface area contributed by atoms with E-state index in [1.807, 2.05) is 56.7 Å². The van der Waals surface area contributed by atoms with E-state index in [2.05, 4.69) is 10.1 Å². The first kappa shape index (κ1) is 15.4. The lowest BCUT2D eigenvalue weighted by molar-refractivity contribution is 0.623.